The molecule has 0 unspecified atom stereocenters. The first-order valence-corrected chi connectivity index (χ1v) is 6.86. The standard InChI is InChI=1S/C12H14INO8/c1-12(2,3-4-13)14-11(21-9(19)5-7(15)16)22-10(20)6-8(17)18/h11,14H,5-6H2,1-2H3,(H,15,16)(H,17,18). The molecular formula is C12H14INO8. The van der Waals surface area contributed by atoms with Crippen molar-refractivity contribution < 1.29 is 38.9 Å². The zero-order valence-corrected chi connectivity index (χ0v) is 13.9. The number of carboxylic acids is 2. The number of rotatable bonds is 8. The van der Waals surface area contributed by atoms with Gasteiger partial charge in [0.2, 0.25) is 0 Å². The van der Waals surface area contributed by atoms with Crippen molar-refractivity contribution in [2.24, 2.45) is 0 Å². The third-order valence-electron chi connectivity index (χ3n) is 1.91. The van der Waals surface area contributed by atoms with E-state index in [1.807, 2.05) is 0 Å². The van der Waals surface area contributed by atoms with Gasteiger partial charge in [-0.05, 0) is 17.8 Å². The first-order chi connectivity index (χ1) is 10.1. The maximum atomic E-state index is 11.3. The van der Waals surface area contributed by atoms with E-state index in [-0.39, 0.29) is 0 Å². The van der Waals surface area contributed by atoms with Crippen LogP contribution in [-0.4, -0.2) is 46.0 Å². The number of carboxylic acid groups (broad SMARTS) is 2. The molecule has 0 fully saturated rings. The molecular weight excluding hydrogens is 413 g/mol. The van der Waals surface area contributed by atoms with E-state index in [9.17, 15) is 19.2 Å². The van der Waals surface area contributed by atoms with Crippen molar-refractivity contribution in [2.45, 2.75) is 38.6 Å². The summed E-state index contributed by atoms with van der Waals surface area (Å²) in [5.74, 6) is -2.48. The predicted molar refractivity (Wildman–Crippen MR) is 79.5 cm³/mol. The van der Waals surface area contributed by atoms with Gasteiger partial charge in [-0.15, -0.1) is 0 Å². The number of aliphatic carboxylic acids is 2. The second-order valence-electron chi connectivity index (χ2n) is 4.44. The molecule has 0 bridgehead atoms. The fourth-order valence-electron chi connectivity index (χ4n) is 1.10. The summed E-state index contributed by atoms with van der Waals surface area (Å²) in [7, 11) is 0. The van der Waals surface area contributed by atoms with E-state index in [1.165, 1.54) is 0 Å². The number of ether oxygens (including phenoxy) is 2. The molecule has 22 heavy (non-hydrogen) atoms. The molecule has 0 rings (SSSR count). The average molecular weight is 427 g/mol. The van der Waals surface area contributed by atoms with Crippen LogP contribution in [0.15, 0.2) is 0 Å². The Morgan fingerprint density at radius 1 is 1.09 bits per heavy atom. The molecule has 122 valence electrons. The molecule has 0 aliphatic rings. The average Bonchev–Trinajstić information content (AvgIpc) is 2.24. The highest BCUT2D eigenvalue weighted by Crippen LogP contribution is 2.07. The third kappa shape index (κ3) is 9.94. The van der Waals surface area contributed by atoms with Crippen molar-refractivity contribution in [1.29, 1.82) is 0 Å². The Hall–Kier alpha value is -1.87. The highest BCUT2D eigenvalue weighted by atomic mass is 127. The van der Waals surface area contributed by atoms with Gasteiger partial charge >= 0.3 is 30.3 Å². The van der Waals surface area contributed by atoms with E-state index < -0.39 is 48.7 Å². The number of hydrogen-bond donors (Lipinski definition) is 3. The van der Waals surface area contributed by atoms with Gasteiger partial charge in [-0.1, -0.05) is 5.92 Å². The molecule has 0 amide bonds. The Labute approximate surface area is 139 Å². The Balaban J connectivity index is 4.92. The largest absolute Gasteiger partial charge is 0.481 e. The normalized spacial score (nSPS) is 10.4. The van der Waals surface area contributed by atoms with Crippen LogP contribution >= 0.6 is 22.6 Å². The van der Waals surface area contributed by atoms with Crippen molar-refractivity contribution in [2.75, 3.05) is 0 Å². The van der Waals surface area contributed by atoms with Crippen LogP contribution in [0.3, 0.4) is 0 Å². The quantitative estimate of drug-likeness (QED) is 0.161. The predicted octanol–water partition coefficient (Wildman–Crippen LogP) is 0.0699. The summed E-state index contributed by atoms with van der Waals surface area (Å²) in [5, 5.41) is 19.5. The molecule has 0 saturated heterocycles. The smallest absolute Gasteiger partial charge is 0.321 e. The number of nitrogens with one attached hydrogen (secondary N) is 1. The van der Waals surface area contributed by atoms with Crippen LogP contribution in [0.5, 0.6) is 0 Å². The minimum atomic E-state index is -1.66. The molecule has 0 spiro atoms. The van der Waals surface area contributed by atoms with E-state index in [2.05, 4.69) is 24.6 Å². The zero-order chi connectivity index (χ0) is 17.3. The summed E-state index contributed by atoms with van der Waals surface area (Å²) < 4.78 is 11.9. The third-order valence-corrected chi connectivity index (χ3v) is 2.18. The van der Waals surface area contributed by atoms with Crippen molar-refractivity contribution in [1.82, 2.24) is 5.32 Å². The summed E-state index contributed by atoms with van der Waals surface area (Å²) in [6.07, 6.45) is -3.54. The van der Waals surface area contributed by atoms with Gasteiger partial charge < -0.3 is 19.7 Å². The van der Waals surface area contributed by atoms with E-state index in [0.717, 1.165) is 0 Å². The Morgan fingerprint density at radius 3 is 1.82 bits per heavy atom. The topological polar surface area (TPSA) is 139 Å². The molecule has 0 aliphatic carbocycles. The van der Waals surface area contributed by atoms with Gasteiger partial charge in [0, 0.05) is 22.6 Å². The van der Waals surface area contributed by atoms with Gasteiger partial charge in [0.25, 0.3) is 0 Å². The van der Waals surface area contributed by atoms with Gasteiger partial charge in [-0.25, -0.2) is 5.32 Å². The lowest BCUT2D eigenvalue weighted by molar-refractivity contribution is -0.197. The van der Waals surface area contributed by atoms with Crippen molar-refractivity contribution in [3.05, 3.63) is 0 Å². The molecule has 0 aromatic heterocycles. The SMILES string of the molecule is CC(C)(C#CI)NC(OC(=O)CC(=O)O)OC(=O)CC(=O)O. The van der Waals surface area contributed by atoms with E-state index in [0.29, 0.717) is 0 Å². The molecule has 0 atom stereocenters. The van der Waals surface area contributed by atoms with E-state index in [4.69, 9.17) is 10.2 Å². The Morgan fingerprint density at radius 2 is 1.50 bits per heavy atom. The minimum Gasteiger partial charge on any atom is -0.481 e. The summed E-state index contributed by atoms with van der Waals surface area (Å²) in [5.41, 5.74) is -0.946. The molecule has 0 aromatic carbocycles. The number of carbonyl (C=O) groups excluding carboxylic acids is 2. The number of halogens is 1. The Kier molecular flexibility index (Phi) is 8.43. The molecule has 0 aromatic rings. The fourth-order valence-corrected chi connectivity index (χ4v) is 1.78. The van der Waals surface area contributed by atoms with Gasteiger partial charge in [-0.2, -0.15) is 0 Å². The van der Waals surface area contributed by atoms with Crippen LogP contribution in [0.4, 0.5) is 0 Å². The van der Waals surface area contributed by atoms with Crippen LogP contribution in [0.25, 0.3) is 0 Å². The molecule has 9 nitrogen and oxygen atoms in total. The number of esters is 2. The van der Waals surface area contributed by atoms with Crippen LogP contribution < -0.4 is 5.32 Å². The maximum absolute atomic E-state index is 11.3. The monoisotopic (exact) mass is 427 g/mol. The maximum Gasteiger partial charge on any atom is 0.321 e. The summed E-state index contributed by atoms with van der Waals surface area (Å²) in [4.78, 5) is 43.5. The second kappa shape index (κ2) is 9.21. The molecule has 0 heterocycles. The first kappa shape index (κ1) is 20.1. The van der Waals surface area contributed by atoms with Crippen LogP contribution in [0.1, 0.15) is 26.7 Å². The molecule has 3 N–H and O–H groups in total. The summed E-state index contributed by atoms with van der Waals surface area (Å²) in [6, 6.07) is 0. The lowest BCUT2D eigenvalue weighted by atomic mass is 10.1. The fraction of sp³-hybridized carbons (Fsp3) is 0.500. The molecule has 0 saturated carbocycles. The lowest BCUT2D eigenvalue weighted by Crippen LogP contribution is -2.49. The highest BCUT2D eigenvalue weighted by Gasteiger charge is 2.27. The highest BCUT2D eigenvalue weighted by molar-refractivity contribution is 14.1. The van der Waals surface area contributed by atoms with Crippen molar-refractivity contribution in [3.63, 3.8) is 0 Å². The van der Waals surface area contributed by atoms with Gasteiger partial charge in [-0.3, -0.25) is 19.2 Å². The first-order valence-electron chi connectivity index (χ1n) is 5.79. The minimum absolute atomic E-state index is 0.937. The molecule has 10 heteroatoms. The second-order valence-corrected chi connectivity index (χ2v) is 4.98. The molecule has 0 radical (unpaired) electrons. The van der Waals surface area contributed by atoms with Crippen molar-refractivity contribution in [3.8, 4) is 9.85 Å². The van der Waals surface area contributed by atoms with Gasteiger partial charge in [0.15, 0.2) is 0 Å². The van der Waals surface area contributed by atoms with Gasteiger partial charge in [0.05, 0.1) is 5.54 Å². The Bertz CT molecular complexity index is 489. The number of carbonyl (C=O) groups is 4. The van der Waals surface area contributed by atoms with E-state index >= 15 is 0 Å². The zero-order valence-electron chi connectivity index (χ0n) is 11.7. The van der Waals surface area contributed by atoms with Crippen LogP contribution in [-0.2, 0) is 28.7 Å². The number of hydrogen-bond acceptors (Lipinski definition) is 7. The molecule has 0 aliphatic heterocycles. The van der Waals surface area contributed by atoms with Crippen molar-refractivity contribution >= 4 is 46.5 Å². The van der Waals surface area contributed by atoms with Crippen LogP contribution in [0.2, 0.25) is 0 Å². The van der Waals surface area contributed by atoms with E-state index in [1.54, 1.807) is 36.4 Å². The summed E-state index contributed by atoms with van der Waals surface area (Å²) >= 11 is 1.77. The lowest BCUT2D eigenvalue weighted by Gasteiger charge is -2.26. The van der Waals surface area contributed by atoms with Crippen LogP contribution in [0, 0.1) is 9.85 Å². The van der Waals surface area contributed by atoms with Gasteiger partial charge in [0.1, 0.15) is 12.8 Å². The summed E-state index contributed by atoms with van der Waals surface area (Å²) in [6.45, 7) is 3.17.